The molecule has 0 aliphatic rings. The summed E-state index contributed by atoms with van der Waals surface area (Å²) in [6.45, 7) is 2.47. The van der Waals surface area contributed by atoms with Crippen molar-refractivity contribution in [2.24, 2.45) is 0 Å². The number of nitrogens with two attached hydrogens (primary N) is 1. The van der Waals surface area contributed by atoms with Crippen LogP contribution in [-0.4, -0.2) is 25.0 Å². The van der Waals surface area contributed by atoms with Crippen LogP contribution in [0, 0.1) is 6.92 Å². The molecule has 0 saturated carbocycles. The summed E-state index contributed by atoms with van der Waals surface area (Å²) < 4.78 is 5.11. The lowest BCUT2D eigenvalue weighted by atomic mass is 10.2. The number of amides is 1. The molecule has 4 nitrogen and oxygen atoms in total. The maximum Gasteiger partial charge on any atom is 0.264 e. The van der Waals surface area contributed by atoms with Gasteiger partial charge in [-0.25, -0.2) is 0 Å². The van der Waals surface area contributed by atoms with E-state index >= 15 is 0 Å². The minimum atomic E-state index is -0.00869. The van der Waals surface area contributed by atoms with Gasteiger partial charge in [0.2, 0.25) is 0 Å². The Morgan fingerprint density at radius 3 is 2.50 bits per heavy atom. The first kappa shape index (κ1) is 14.4. The van der Waals surface area contributed by atoms with Crippen LogP contribution in [0.25, 0.3) is 0 Å². The minimum absolute atomic E-state index is 0.00869. The van der Waals surface area contributed by atoms with E-state index in [1.165, 1.54) is 11.3 Å². The van der Waals surface area contributed by atoms with Crippen molar-refractivity contribution in [3.8, 4) is 5.75 Å². The summed E-state index contributed by atoms with van der Waals surface area (Å²) in [5, 5.41) is 0. The fraction of sp³-hybridized carbons (Fsp3) is 0.267. The van der Waals surface area contributed by atoms with Crippen LogP contribution < -0.4 is 10.5 Å². The number of ether oxygens (including phenoxy) is 1. The van der Waals surface area contributed by atoms with Crippen LogP contribution in [0.15, 0.2) is 30.3 Å². The van der Waals surface area contributed by atoms with Crippen molar-refractivity contribution in [2.75, 3.05) is 19.9 Å². The number of rotatable bonds is 4. The van der Waals surface area contributed by atoms with Crippen LogP contribution in [0.3, 0.4) is 0 Å². The number of hydrogen-bond acceptors (Lipinski definition) is 4. The SMILES string of the molecule is COc1ccc(CN(C)C(=O)c2cc(N)c(C)s2)cc1. The molecule has 5 heteroatoms. The maximum absolute atomic E-state index is 12.3. The zero-order valence-electron chi connectivity index (χ0n) is 11.8. The fourth-order valence-electron chi connectivity index (χ4n) is 1.87. The van der Waals surface area contributed by atoms with Crippen molar-refractivity contribution in [3.05, 3.63) is 45.6 Å². The second kappa shape index (κ2) is 5.96. The molecule has 0 bridgehead atoms. The second-order valence-corrected chi connectivity index (χ2v) is 5.89. The molecule has 1 aromatic carbocycles. The van der Waals surface area contributed by atoms with E-state index in [0.29, 0.717) is 17.1 Å². The Hall–Kier alpha value is -2.01. The summed E-state index contributed by atoms with van der Waals surface area (Å²) in [5.41, 5.74) is 7.52. The van der Waals surface area contributed by atoms with Gasteiger partial charge in [0.15, 0.2) is 0 Å². The van der Waals surface area contributed by atoms with Crippen molar-refractivity contribution < 1.29 is 9.53 Å². The number of aryl methyl sites for hydroxylation is 1. The Morgan fingerprint density at radius 2 is 2.00 bits per heavy atom. The lowest BCUT2D eigenvalue weighted by Crippen LogP contribution is -2.25. The first-order valence-corrected chi connectivity index (χ1v) is 7.07. The third-order valence-corrected chi connectivity index (χ3v) is 4.15. The van der Waals surface area contributed by atoms with Crippen LogP contribution in [0.2, 0.25) is 0 Å². The quantitative estimate of drug-likeness (QED) is 0.942. The monoisotopic (exact) mass is 290 g/mol. The van der Waals surface area contributed by atoms with Gasteiger partial charge in [-0.15, -0.1) is 11.3 Å². The van der Waals surface area contributed by atoms with Gasteiger partial charge < -0.3 is 15.4 Å². The first-order valence-electron chi connectivity index (χ1n) is 6.25. The van der Waals surface area contributed by atoms with Gasteiger partial charge in [-0.3, -0.25) is 4.79 Å². The first-order chi connectivity index (χ1) is 9.51. The molecule has 2 rings (SSSR count). The fourth-order valence-corrected chi connectivity index (χ4v) is 2.80. The third kappa shape index (κ3) is 3.11. The van der Waals surface area contributed by atoms with Crippen LogP contribution in [0.5, 0.6) is 5.75 Å². The van der Waals surface area contributed by atoms with Crippen molar-refractivity contribution in [2.45, 2.75) is 13.5 Å². The standard InChI is InChI=1S/C15H18N2O2S/c1-10-13(16)8-14(20-10)15(18)17(2)9-11-4-6-12(19-3)7-5-11/h4-8H,9,16H2,1-3H3. The van der Waals surface area contributed by atoms with E-state index < -0.39 is 0 Å². The predicted molar refractivity (Wildman–Crippen MR) is 82.3 cm³/mol. The van der Waals surface area contributed by atoms with E-state index in [4.69, 9.17) is 10.5 Å². The molecule has 1 amide bonds. The molecular weight excluding hydrogens is 272 g/mol. The van der Waals surface area contributed by atoms with Gasteiger partial charge in [0, 0.05) is 24.2 Å². The largest absolute Gasteiger partial charge is 0.497 e. The highest BCUT2D eigenvalue weighted by Gasteiger charge is 2.15. The number of thiophene rings is 1. The van der Waals surface area contributed by atoms with Gasteiger partial charge in [0.1, 0.15) is 5.75 Å². The van der Waals surface area contributed by atoms with E-state index in [9.17, 15) is 4.79 Å². The Balaban J connectivity index is 2.06. The smallest absolute Gasteiger partial charge is 0.264 e. The molecule has 0 unspecified atom stereocenters. The minimum Gasteiger partial charge on any atom is -0.497 e. The van der Waals surface area contributed by atoms with Crippen LogP contribution in [-0.2, 0) is 6.54 Å². The molecule has 106 valence electrons. The number of anilines is 1. The Kier molecular flexibility index (Phi) is 4.29. The van der Waals surface area contributed by atoms with Gasteiger partial charge in [0.25, 0.3) is 5.91 Å². The lowest BCUT2D eigenvalue weighted by Gasteiger charge is -2.16. The average Bonchev–Trinajstić information content (AvgIpc) is 2.78. The van der Waals surface area contributed by atoms with Gasteiger partial charge in [-0.05, 0) is 30.7 Å². The predicted octanol–water partition coefficient (Wildman–Crippen LogP) is 2.92. The average molecular weight is 290 g/mol. The number of nitrogens with zero attached hydrogens (tertiary/aromatic N) is 1. The van der Waals surface area contributed by atoms with E-state index in [1.807, 2.05) is 31.2 Å². The van der Waals surface area contributed by atoms with Crippen LogP contribution in [0.1, 0.15) is 20.1 Å². The van der Waals surface area contributed by atoms with E-state index in [1.54, 1.807) is 25.1 Å². The zero-order chi connectivity index (χ0) is 14.7. The number of carbonyl (C=O) groups is 1. The second-order valence-electron chi connectivity index (χ2n) is 4.63. The van der Waals surface area contributed by atoms with Crippen molar-refractivity contribution in [1.82, 2.24) is 4.90 Å². The van der Waals surface area contributed by atoms with Gasteiger partial charge in [-0.2, -0.15) is 0 Å². The Labute approximate surface area is 122 Å². The summed E-state index contributed by atoms with van der Waals surface area (Å²) in [6.07, 6.45) is 0. The van der Waals surface area contributed by atoms with Crippen molar-refractivity contribution in [3.63, 3.8) is 0 Å². The van der Waals surface area contributed by atoms with E-state index in [0.717, 1.165) is 16.2 Å². The Bertz CT molecular complexity index is 585. The van der Waals surface area contributed by atoms with Crippen LogP contribution in [0.4, 0.5) is 5.69 Å². The van der Waals surface area contributed by atoms with Gasteiger partial charge in [-0.1, -0.05) is 12.1 Å². The highest BCUT2D eigenvalue weighted by atomic mass is 32.1. The highest BCUT2D eigenvalue weighted by Crippen LogP contribution is 2.24. The molecular formula is C15H18N2O2S. The van der Waals surface area contributed by atoms with Crippen LogP contribution >= 0.6 is 11.3 Å². The molecule has 1 aromatic heterocycles. The molecule has 0 aliphatic carbocycles. The molecule has 0 saturated heterocycles. The summed E-state index contributed by atoms with van der Waals surface area (Å²) in [4.78, 5) is 15.6. The zero-order valence-corrected chi connectivity index (χ0v) is 12.7. The highest BCUT2D eigenvalue weighted by molar-refractivity contribution is 7.14. The summed E-state index contributed by atoms with van der Waals surface area (Å²) in [5.74, 6) is 0.801. The molecule has 0 atom stereocenters. The number of carbonyl (C=O) groups excluding carboxylic acids is 1. The molecule has 0 aliphatic heterocycles. The molecule has 0 spiro atoms. The molecule has 20 heavy (non-hydrogen) atoms. The van der Waals surface area contributed by atoms with Crippen molar-refractivity contribution >= 4 is 22.9 Å². The normalized spacial score (nSPS) is 10.3. The number of benzene rings is 1. The summed E-state index contributed by atoms with van der Waals surface area (Å²) in [7, 11) is 3.42. The summed E-state index contributed by atoms with van der Waals surface area (Å²) >= 11 is 1.43. The number of nitrogen functional groups attached to an aromatic ring is 1. The molecule has 2 aromatic rings. The molecule has 2 N–H and O–H groups in total. The van der Waals surface area contributed by atoms with E-state index in [2.05, 4.69) is 0 Å². The van der Waals surface area contributed by atoms with Gasteiger partial charge >= 0.3 is 0 Å². The lowest BCUT2D eigenvalue weighted by molar-refractivity contribution is 0.0790. The third-order valence-electron chi connectivity index (χ3n) is 3.09. The van der Waals surface area contributed by atoms with E-state index in [-0.39, 0.29) is 5.91 Å². The number of methoxy groups -OCH3 is 1. The topological polar surface area (TPSA) is 55.6 Å². The maximum atomic E-state index is 12.3. The molecule has 0 fully saturated rings. The number of hydrogen-bond donors (Lipinski definition) is 1. The molecule has 1 heterocycles. The molecule has 0 radical (unpaired) electrons. The summed E-state index contributed by atoms with van der Waals surface area (Å²) in [6, 6.07) is 9.43. The Morgan fingerprint density at radius 1 is 1.35 bits per heavy atom. The van der Waals surface area contributed by atoms with Gasteiger partial charge in [0.05, 0.1) is 12.0 Å². The van der Waals surface area contributed by atoms with Crippen molar-refractivity contribution in [1.29, 1.82) is 0 Å².